The van der Waals surface area contributed by atoms with Gasteiger partial charge in [0.2, 0.25) is 0 Å². The predicted molar refractivity (Wildman–Crippen MR) is 75.5 cm³/mol. The molecule has 1 fully saturated rings. The number of rotatable bonds is 5. The zero-order valence-corrected chi connectivity index (χ0v) is 12.4. The molecule has 0 radical (unpaired) electrons. The van der Waals surface area contributed by atoms with Gasteiger partial charge in [-0.1, -0.05) is 19.8 Å². The van der Waals surface area contributed by atoms with Crippen molar-refractivity contribution >= 4 is 12.0 Å². The van der Waals surface area contributed by atoms with Crippen LogP contribution in [0.15, 0.2) is 0 Å². The Labute approximate surface area is 120 Å². The van der Waals surface area contributed by atoms with Crippen LogP contribution >= 0.6 is 0 Å². The quantitative estimate of drug-likeness (QED) is 0.713. The van der Waals surface area contributed by atoms with Gasteiger partial charge in [0.1, 0.15) is 0 Å². The van der Waals surface area contributed by atoms with E-state index >= 15 is 0 Å². The third-order valence-electron chi connectivity index (χ3n) is 3.88. The van der Waals surface area contributed by atoms with Gasteiger partial charge in [0.25, 0.3) is 0 Å². The molecule has 1 saturated heterocycles. The van der Waals surface area contributed by atoms with Crippen LogP contribution in [0.3, 0.4) is 0 Å². The molecule has 1 heterocycles. The number of likely N-dealkylation sites (tertiary alicyclic amines) is 1. The van der Waals surface area contributed by atoms with Crippen molar-refractivity contribution in [2.75, 3.05) is 19.6 Å². The van der Waals surface area contributed by atoms with E-state index in [1.54, 1.807) is 4.90 Å². The third kappa shape index (κ3) is 5.00. The molecule has 0 aliphatic carbocycles. The number of carbonyl (C=O) groups is 2. The maximum Gasteiger partial charge on any atom is 0.337 e. The summed E-state index contributed by atoms with van der Waals surface area (Å²) in [5.41, 5.74) is -1.92. The van der Waals surface area contributed by atoms with E-state index in [2.05, 4.69) is 12.2 Å². The lowest BCUT2D eigenvalue weighted by Gasteiger charge is -2.24. The lowest BCUT2D eigenvalue weighted by Crippen LogP contribution is -2.50. The molecule has 0 spiro atoms. The first-order valence-electron chi connectivity index (χ1n) is 7.35. The molecule has 1 aliphatic heterocycles. The number of urea groups is 1. The molecule has 0 saturated carbocycles. The van der Waals surface area contributed by atoms with Crippen molar-refractivity contribution in [3.05, 3.63) is 0 Å². The number of hydrogen-bond donors (Lipinski definition) is 3. The van der Waals surface area contributed by atoms with Crippen LogP contribution in [0.1, 0.15) is 46.0 Å². The molecule has 0 aromatic heterocycles. The van der Waals surface area contributed by atoms with Crippen molar-refractivity contribution in [3.63, 3.8) is 0 Å². The predicted octanol–water partition coefficient (Wildman–Crippen LogP) is 1.43. The first-order chi connectivity index (χ1) is 9.36. The second-order valence-corrected chi connectivity index (χ2v) is 5.81. The molecule has 0 aromatic carbocycles. The Balaban J connectivity index is 2.42. The van der Waals surface area contributed by atoms with Crippen LogP contribution in [0, 0.1) is 5.92 Å². The Morgan fingerprint density at radius 2 is 2.05 bits per heavy atom. The van der Waals surface area contributed by atoms with Gasteiger partial charge in [-0.3, -0.25) is 0 Å². The minimum atomic E-state index is -1.92. The van der Waals surface area contributed by atoms with E-state index in [9.17, 15) is 14.7 Å². The van der Waals surface area contributed by atoms with Gasteiger partial charge >= 0.3 is 12.0 Å². The molecular weight excluding hydrogens is 260 g/mol. The smallest absolute Gasteiger partial charge is 0.337 e. The number of nitrogens with one attached hydrogen (secondary N) is 1. The molecule has 6 nitrogen and oxygen atoms in total. The van der Waals surface area contributed by atoms with Gasteiger partial charge in [-0.2, -0.15) is 0 Å². The minimum Gasteiger partial charge on any atom is -0.479 e. The van der Waals surface area contributed by atoms with Crippen LogP contribution in [-0.2, 0) is 4.79 Å². The van der Waals surface area contributed by atoms with Gasteiger partial charge in [-0.25, -0.2) is 9.59 Å². The largest absolute Gasteiger partial charge is 0.479 e. The van der Waals surface area contributed by atoms with Crippen molar-refractivity contribution in [2.24, 2.45) is 5.92 Å². The number of hydrogen-bond acceptors (Lipinski definition) is 3. The Morgan fingerprint density at radius 1 is 1.35 bits per heavy atom. The molecule has 116 valence electrons. The number of carboxylic acid groups (broad SMARTS) is 1. The zero-order valence-electron chi connectivity index (χ0n) is 12.4. The molecule has 2 unspecified atom stereocenters. The summed E-state index contributed by atoms with van der Waals surface area (Å²) < 4.78 is 0. The van der Waals surface area contributed by atoms with E-state index in [1.165, 1.54) is 19.8 Å². The van der Waals surface area contributed by atoms with Crippen LogP contribution in [0.4, 0.5) is 4.79 Å². The van der Waals surface area contributed by atoms with Crippen molar-refractivity contribution in [1.82, 2.24) is 10.2 Å². The third-order valence-corrected chi connectivity index (χ3v) is 3.88. The average Bonchev–Trinajstić information content (AvgIpc) is 2.62. The number of amides is 2. The molecule has 2 amide bonds. The Bertz CT molecular complexity index is 344. The minimum absolute atomic E-state index is 0.282. The molecule has 6 heteroatoms. The van der Waals surface area contributed by atoms with E-state index in [0.717, 1.165) is 19.3 Å². The van der Waals surface area contributed by atoms with Crippen molar-refractivity contribution in [1.29, 1.82) is 0 Å². The van der Waals surface area contributed by atoms with Gasteiger partial charge in [-0.15, -0.1) is 0 Å². The van der Waals surface area contributed by atoms with Gasteiger partial charge < -0.3 is 20.4 Å². The van der Waals surface area contributed by atoms with Crippen LogP contribution in [-0.4, -0.2) is 52.3 Å². The van der Waals surface area contributed by atoms with Gasteiger partial charge in [0.05, 0.1) is 6.54 Å². The van der Waals surface area contributed by atoms with E-state index in [-0.39, 0.29) is 12.6 Å². The number of carboxylic acids is 1. The summed E-state index contributed by atoms with van der Waals surface area (Å²) in [4.78, 5) is 24.5. The summed E-state index contributed by atoms with van der Waals surface area (Å²) in [6.45, 7) is 4.46. The second kappa shape index (κ2) is 7.47. The van der Waals surface area contributed by atoms with Crippen LogP contribution in [0.25, 0.3) is 0 Å². The average molecular weight is 286 g/mol. The molecule has 1 aliphatic rings. The van der Waals surface area contributed by atoms with Crippen LogP contribution in [0.2, 0.25) is 0 Å². The molecule has 0 bridgehead atoms. The lowest BCUT2D eigenvalue weighted by molar-refractivity contribution is -0.155. The van der Waals surface area contributed by atoms with Gasteiger partial charge in [0, 0.05) is 13.1 Å². The first-order valence-corrected chi connectivity index (χ1v) is 7.35. The summed E-state index contributed by atoms with van der Waals surface area (Å²) in [6, 6.07) is -0.288. The molecule has 1 rings (SSSR count). The number of carbonyl (C=O) groups excluding carboxylic acids is 1. The second-order valence-electron chi connectivity index (χ2n) is 5.81. The fourth-order valence-corrected chi connectivity index (χ4v) is 2.50. The highest BCUT2D eigenvalue weighted by Gasteiger charge is 2.31. The zero-order chi connectivity index (χ0) is 15.2. The summed E-state index contributed by atoms with van der Waals surface area (Å²) in [7, 11) is 0. The topological polar surface area (TPSA) is 89.9 Å². The van der Waals surface area contributed by atoms with Crippen LogP contribution < -0.4 is 5.32 Å². The van der Waals surface area contributed by atoms with Crippen molar-refractivity contribution in [3.8, 4) is 0 Å². The summed E-state index contributed by atoms with van der Waals surface area (Å²) >= 11 is 0. The Hall–Kier alpha value is -1.30. The van der Waals surface area contributed by atoms with Gasteiger partial charge in [-0.05, 0) is 32.1 Å². The summed E-state index contributed by atoms with van der Waals surface area (Å²) in [5.74, 6) is -0.656. The SMILES string of the molecule is CCCC1CCCN(C(=O)NCC(C)(O)C(=O)O)CC1. The molecular formula is C14H26N2O4. The maximum absolute atomic E-state index is 12.0. The fourth-order valence-electron chi connectivity index (χ4n) is 2.50. The number of aliphatic hydroxyl groups is 1. The molecule has 0 aromatic rings. The number of nitrogens with zero attached hydrogens (tertiary/aromatic N) is 1. The highest BCUT2D eigenvalue weighted by Crippen LogP contribution is 2.21. The first kappa shape index (κ1) is 16.8. The van der Waals surface area contributed by atoms with E-state index in [4.69, 9.17) is 5.11 Å². The van der Waals surface area contributed by atoms with Crippen LogP contribution in [0.5, 0.6) is 0 Å². The fraction of sp³-hybridized carbons (Fsp3) is 0.857. The Kier molecular flexibility index (Phi) is 6.26. The van der Waals surface area contributed by atoms with E-state index in [1.807, 2.05) is 0 Å². The normalized spacial score (nSPS) is 22.8. The van der Waals surface area contributed by atoms with Crippen molar-refractivity contribution < 1.29 is 19.8 Å². The number of aliphatic carboxylic acids is 1. The summed E-state index contributed by atoms with van der Waals surface area (Å²) in [5, 5.41) is 20.9. The van der Waals surface area contributed by atoms with Gasteiger partial charge in [0.15, 0.2) is 5.60 Å². The standard InChI is InChI=1S/C14H26N2O4/c1-3-5-11-6-4-8-16(9-7-11)13(19)15-10-14(2,20)12(17)18/h11,20H,3-10H2,1-2H3,(H,15,19)(H,17,18). The lowest BCUT2D eigenvalue weighted by atomic mass is 9.96. The van der Waals surface area contributed by atoms with E-state index in [0.29, 0.717) is 19.0 Å². The van der Waals surface area contributed by atoms with E-state index < -0.39 is 11.6 Å². The summed E-state index contributed by atoms with van der Waals surface area (Å²) in [6.07, 6.45) is 5.48. The van der Waals surface area contributed by atoms with Crippen molar-refractivity contribution in [2.45, 2.75) is 51.6 Å². The maximum atomic E-state index is 12.0. The monoisotopic (exact) mass is 286 g/mol. The highest BCUT2D eigenvalue weighted by molar-refractivity contribution is 5.79. The Morgan fingerprint density at radius 3 is 2.65 bits per heavy atom. The molecule has 20 heavy (non-hydrogen) atoms. The molecule has 3 N–H and O–H groups in total. The highest BCUT2D eigenvalue weighted by atomic mass is 16.4. The molecule has 2 atom stereocenters.